The van der Waals surface area contributed by atoms with E-state index in [1.54, 1.807) is 30.3 Å². The molecule has 0 saturated heterocycles. The minimum Gasteiger partial charge on any atom is -0.323 e. The maximum absolute atomic E-state index is 13.6. The summed E-state index contributed by atoms with van der Waals surface area (Å²) in [5, 5.41) is 15.4. The van der Waals surface area contributed by atoms with Crippen LogP contribution >= 0.6 is 23.4 Å². The predicted molar refractivity (Wildman–Crippen MR) is 108 cm³/mol. The number of para-hydroxylation sites is 1. The van der Waals surface area contributed by atoms with Crippen molar-refractivity contribution >= 4 is 40.7 Å². The van der Waals surface area contributed by atoms with Crippen LogP contribution in [0.25, 0.3) is 17.0 Å². The first-order chi connectivity index (χ1) is 14.0. The number of thioether (sulfide) groups is 1. The second-order valence-corrected chi connectivity index (χ2v) is 7.22. The first-order valence-electron chi connectivity index (χ1n) is 8.30. The Kier molecular flexibility index (Phi) is 5.28. The highest BCUT2D eigenvalue weighted by atomic mass is 35.5. The second kappa shape index (κ2) is 8.02. The molecule has 0 aliphatic heterocycles. The van der Waals surface area contributed by atoms with Crippen molar-refractivity contribution in [1.82, 2.24) is 24.8 Å². The molecule has 0 unspecified atom stereocenters. The summed E-state index contributed by atoms with van der Waals surface area (Å²) >= 11 is 6.94. The Hall–Kier alpha value is -3.24. The fraction of sp³-hybridized carbons (Fsp3) is 0.0556. The lowest BCUT2D eigenvalue weighted by Crippen LogP contribution is -2.17. The summed E-state index contributed by atoms with van der Waals surface area (Å²) in [6, 6.07) is 12.5. The van der Waals surface area contributed by atoms with Crippen LogP contribution in [0.15, 0.2) is 58.5 Å². The van der Waals surface area contributed by atoms with Crippen molar-refractivity contribution in [3.05, 3.63) is 69.7 Å². The highest BCUT2D eigenvalue weighted by molar-refractivity contribution is 7.99. The van der Waals surface area contributed by atoms with Gasteiger partial charge in [-0.25, -0.2) is 4.39 Å². The summed E-state index contributed by atoms with van der Waals surface area (Å²) < 4.78 is 15.0. The quantitative estimate of drug-likeness (QED) is 0.471. The molecule has 2 heterocycles. The number of aromatic amines is 1. The molecule has 0 aliphatic carbocycles. The summed E-state index contributed by atoms with van der Waals surface area (Å²) in [7, 11) is 0. The molecule has 0 bridgehead atoms. The van der Waals surface area contributed by atoms with Crippen molar-refractivity contribution in [3.8, 4) is 11.3 Å². The SMILES string of the molecule is O=C(CSc1nnc2[nH]c(=O)c(-c3ccc(Cl)cc3)nn12)Nc1ccccc1F. The number of rotatable bonds is 5. The molecule has 0 fully saturated rings. The van der Waals surface area contributed by atoms with Gasteiger partial charge in [0.25, 0.3) is 11.3 Å². The van der Waals surface area contributed by atoms with Crippen molar-refractivity contribution in [1.29, 1.82) is 0 Å². The van der Waals surface area contributed by atoms with E-state index in [1.165, 1.54) is 22.7 Å². The fourth-order valence-electron chi connectivity index (χ4n) is 2.51. The van der Waals surface area contributed by atoms with Gasteiger partial charge in [-0.1, -0.05) is 47.6 Å². The average Bonchev–Trinajstić information content (AvgIpc) is 3.10. The van der Waals surface area contributed by atoms with Gasteiger partial charge in [0.1, 0.15) is 5.82 Å². The highest BCUT2D eigenvalue weighted by Crippen LogP contribution is 2.20. The Bertz CT molecular complexity index is 1260. The zero-order chi connectivity index (χ0) is 20.4. The molecule has 146 valence electrons. The van der Waals surface area contributed by atoms with Crippen molar-refractivity contribution < 1.29 is 9.18 Å². The van der Waals surface area contributed by atoms with Crippen LogP contribution in [0.5, 0.6) is 0 Å². The lowest BCUT2D eigenvalue weighted by atomic mass is 10.2. The smallest absolute Gasteiger partial charge is 0.279 e. The number of nitrogens with one attached hydrogen (secondary N) is 2. The third-order valence-corrected chi connectivity index (χ3v) is 5.02. The maximum atomic E-state index is 13.6. The lowest BCUT2D eigenvalue weighted by molar-refractivity contribution is -0.113. The summed E-state index contributed by atoms with van der Waals surface area (Å²) in [4.78, 5) is 27.0. The molecule has 8 nitrogen and oxygen atoms in total. The zero-order valence-corrected chi connectivity index (χ0v) is 16.2. The van der Waals surface area contributed by atoms with Crippen molar-refractivity contribution in [3.63, 3.8) is 0 Å². The molecule has 0 aliphatic rings. The Morgan fingerprint density at radius 1 is 1.17 bits per heavy atom. The molecular formula is C18H12ClFN6O2S. The number of carbonyl (C=O) groups excluding carboxylic acids is 1. The van der Waals surface area contributed by atoms with E-state index in [4.69, 9.17) is 11.6 Å². The molecule has 2 N–H and O–H groups in total. The molecule has 0 atom stereocenters. The van der Waals surface area contributed by atoms with Gasteiger partial charge in [0.15, 0.2) is 5.69 Å². The zero-order valence-electron chi connectivity index (χ0n) is 14.6. The number of amides is 1. The Labute approximate surface area is 172 Å². The van der Waals surface area contributed by atoms with Crippen LogP contribution in [0.1, 0.15) is 0 Å². The van der Waals surface area contributed by atoms with Gasteiger partial charge in [0.2, 0.25) is 11.1 Å². The van der Waals surface area contributed by atoms with Crippen LogP contribution in [-0.4, -0.2) is 36.5 Å². The van der Waals surface area contributed by atoms with Gasteiger partial charge in [-0.05, 0) is 24.3 Å². The van der Waals surface area contributed by atoms with E-state index in [-0.39, 0.29) is 22.9 Å². The topological polar surface area (TPSA) is 105 Å². The number of H-pyrrole nitrogens is 1. The van der Waals surface area contributed by atoms with Gasteiger partial charge in [-0.15, -0.1) is 10.2 Å². The number of hydrogen-bond acceptors (Lipinski definition) is 6. The van der Waals surface area contributed by atoms with Crippen molar-refractivity contribution in [2.75, 3.05) is 11.1 Å². The number of fused-ring (bicyclic) bond motifs is 1. The summed E-state index contributed by atoms with van der Waals surface area (Å²) in [6.07, 6.45) is 0. The molecule has 1 amide bonds. The van der Waals surface area contributed by atoms with E-state index in [2.05, 4.69) is 25.6 Å². The van der Waals surface area contributed by atoms with Gasteiger partial charge in [-0.3, -0.25) is 14.6 Å². The van der Waals surface area contributed by atoms with E-state index in [0.717, 1.165) is 11.8 Å². The average molecular weight is 431 g/mol. The van der Waals surface area contributed by atoms with Crippen LogP contribution in [0.2, 0.25) is 5.02 Å². The van der Waals surface area contributed by atoms with E-state index in [0.29, 0.717) is 15.7 Å². The van der Waals surface area contributed by atoms with Crippen LogP contribution in [0.4, 0.5) is 10.1 Å². The molecule has 11 heteroatoms. The highest BCUT2D eigenvalue weighted by Gasteiger charge is 2.15. The van der Waals surface area contributed by atoms with E-state index in [9.17, 15) is 14.0 Å². The fourth-order valence-corrected chi connectivity index (χ4v) is 3.31. The number of carbonyl (C=O) groups is 1. The summed E-state index contributed by atoms with van der Waals surface area (Å²) in [5.41, 5.74) is 0.392. The van der Waals surface area contributed by atoms with Gasteiger partial charge in [0, 0.05) is 10.6 Å². The van der Waals surface area contributed by atoms with Crippen LogP contribution in [-0.2, 0) is 4.79 Å². The minimum atomic E-state index is -0.523. The third kappa shape index (κ3) is 4.13. The molecule has 4 aromatic rings. The number of hydrogen-bond donors (Lipinski definition) is 2. The van der Waals surface area contributed by atoms with Gasteiger partial charge in [0.05, 0.1) is 11.4 Å². The number of aromatic nitrogens is 5. The number of halogens is 2. The first-order valence-corrected chi connectivity index (χ1v) is 9.66. The van der Waals surface area contributed by atoms with E-state index < -0.39 is 17.3 Å². The minimum absolute atomic E-state index is 0.0494. The van der Waals surface area contributed by atoms with E-state index >= 15 is 0 Å². The molecule has 0 spiro atoms. The van der Waals surface area contributed by atoms with Gasteiger partial charge in [-0.2, -0.15) is 9.61 Å². The van der Waals surface area contributed by atoms with E-state index in [1.807, 2.05) is 0 Å². The Balaban J connectivity index is 1.56. The standard InChI is InChI=1S/C18H12ClFN6O2S/c19-11-7-5-10(6-8-11)15-16(28)22-17-23-24-18(26(17)25-15)29-9-14(27)21-13-4-2-1-3-12(13)20/h1-8H,9H2,(H,21,27)(H,22,23,28). The molecule has 29 heavy (non-hydrogen) atoms. The third-order valence-electron chi connectivity index (χ3n) is 3.85. The lowest BCUT2D eigenvalue weighted by Gasteiger charge is -2.05. The second-order valence-electron chi connectivity index (χ2n) is 5.84. The van der Waals surface area contributed by atoms with Crippen LogP contribution in [0, 0.1) is 5.82 Å². The molecule has 2 aromatic carbocycles. The maximum Gasteiger partial charge on any atom is 0.279 e. The summed E-state index contributed by atoms with van der Waals surface area (Å²) in [5.74, 6) is -0.846. The van der Waals surface area contributed by atoms with Crippen molar-refractivity contribution in [2.24, 2.45) is 0 Å². The predicted octanol–water partition coefficient (Wildman–Crippen LogP) is 3.00. The normalized spacial score (nSPS) is 11.0. The monoisotopic (exact) mass is 430 g/mol. The molecule has 4 rings (SSSR count). The van der Waals surface area contributed by atoms with Gasteiger partial charge >= 0.3 is 0 Å². The number of benzene rings is 2. The van der Waals surface area contributed by atoms with Crippen LogP contribution in [0.3, 0.4) is 0 Å². The number of anilines is 1. The van der Waals surface area contributed by atoms with Gasteiger partial charge < -0.3 is 5.32 Å². The summed E-state index contributed by atoms with van der Waals surface area (Å²) in [6.45, 7) is 0. The molecule has 0 radical (unpaired) electrons. The molecule has 2 aromatic heterocycles. The Morgan fingerprint density at radius 2 is 1.93 bits per heavy atom. The van der Waals surface area contributed by atoms with Crippen molar-refractivity contribution in [2.45, 2.75) is 5.16 Å². The first kappa shape index (κ1) is 19.1. The largest absolute Gasteiger partial charge is 0.323 e. The number of nitrogens with zero attached hydrogens (tertiary/aromatic N) is 4. The van der Waals surface area contributed by atoms with Crippen LogP contribution < -0.4 is 10.9 Å². The Morgan fingerprint density at radius 3 is 2.69 bits per heavy atom. The molecular weight excluding hydrogens is 419 g/mol. The molecule has 0 saturated carbocycles.